The minimum atomic E-state index is 0.327. The fraction of sp³-hybridized carbons (Fsp3) is 0.381. The van der Waals surface area contributed by atoms with E-state index in [9.17, 15) is 0 Å². The van der Waals surface area contributed by atoms with Gasteiger partial charge in [-0.1, -0.05) is 12.1 Å². The zero-order valence-corrected chi connectivity index (χ0v) is 14.7. The lowest BCUT2D eigenvalue weighted by molar-refractivity contribution is 0.0591. The van der Waals surface area contributed by atoms with Gasteiger partial charge in [-0.2, -0.15) is 0 Å². The van der Waals surface area contributed by atoms with Crippen molar-refractivity contribution < 1.29 is 4.74 Å². The summed E-state index contributed by atoms with van der Waals surface area (Å²) in [7, 11) is 0. The van der Waals surface area contributed by atoms with Gasteiger partial charge in [0.25, 0.3) is 0 Å². The van der Waals surface area contributed by atoms with Crippen LogP contribution in [0.3, 0.4) is 0 Å². The Bertz CT molecular complexity index is 914. The molecule has 0 radical (unpaired) electrons. The summed E-state index contributed by atoms with van der Waals surface area (Å²) < 4.78 is 6.11. The minimum Gasteiger partial charge on any atom is -0.376 e. The van der Waals surface area contributed by atoms with Crippen LogP contribution in [0.15, 0.2) is 48.8 Å². The van der Waals surface area contributed by atoms with E-state index in [1.165, 1.54) is 12.8 Å². The van der Waals surface area contributed by atoms with Gasteiger partial charge in [-0.25, -0.2) is 9.97 Å². The number of benzene rings is 1. The Labute approximate surface area is 153 Å². The maximum absolute atomic E-state index is 6.11. The van der Waals surface area contributed by atoms with Gasteiger partial charge in [-0.15, -0.1) is 0 Å². The molecule has 1 saturated carbocycles. The predicted molar refractivity (Wildman–Crippen MR) is 102 cm³/mol. The van der Waals surface area contributed by atoms with Crippen LogP contribution in [-0.2, 0) is 4.74 Å². The molecule has 0 amide bonds. The first kappa shape index (κ1) is 15.7. The number of para-hydroxylation sites is 1. The molecule has 3 heterocycles. The van der Waals surface area contributed by atoms with Crippen molar-refractivity contribution in [1.29, 1.82) is 0 Å². The maximum Gasteiger partial charge on any atom is 0.163 e. The molecule has 5 nitrogen and oxygen atoms in total. The van der Waals surface area contributed by atoms with Crippen molar-refractivity contribution in [3.8, 4) is 11.4 Å². The van der Waals surface area contributed by atoms with Crippen LogP contribution in [0.4, 0.5) is 5.82 Å². The van der Waals surface area contributed by atoms with Crippen molar-refractivity contribution in [2.24, 2.45) is 0 Å². The van der Waals surface area contributed by atoms with E-state index in [2.05, 4.69) is 28.1 Å². The lowest BCUT2D eigenvalue weighted by Gasteiger charge is -2.32. The Balaban J connectivity index is 1.68. The smallest absolute Gasteiger partial charge is 0.163 e. The Hall–Kier alpha value is -2.53. The summed E-state index contributed by atoms with van der Waals surface area (Å²) in [6.07, 6.45) is 8.52. The molecule has 132 valence electrons. The molecular weight excluding hydrogens is 324 g/mol. The number of pyridine rings is 1. The Morgan fingerprint density at radius 1 is 1.00 bits per heavy atom. The third-order valence-electron chi connectivity index (χ3n) is 5.47. The first-order valence-corrected chi connectivity index (χ1v) is 9.45. The molecule has 3 aromatic rings. The van der Waals surface area contributed by atoms with E-state index in [4.69, 9.17) is 14.7 Å². The standard InChI is InChI=1S/C21H22N4O/c1-2-8-17-16(7-1)21(24-20(23-17)15-6-4-11-22-14-15)25-12-5-13-26-19-10-3-9-18(19)25/h1-2,4,6-8,11,14,18-19H,3,5,9-10,12-13H2/t18-,19-/m1/s1. The highest BCUT2D eigenvalue weighted by molar-refractivity contribution is 5.91. The number of ether oxygens (including phenoxy) is 1. The second-order valence-corrected chi connectivity index (χ2v) is 7.08. The largest absolute Gasteiger partial charge is 0.376 e. The summed E-state index contributed by atoms with van der Waals surface area (Å²) in [5.74, 6) is 1.78. The Morgan fingerprint density at radius 3 is 2.88 bits per heavy atom. The van der Waals surface area contributed by atoms with E-state index in [0.717, 1.165) is 54.1 Å². The number of hydrogen-bond donors (Lipinski definition) is 0. The van der Waals surface area contributed by atoms with Gasteiger partial charge < -0.3 is 9.64 Å². The number of aromatic nitrogens is 3. The van der Waals surface area contributed by atoms with Crippen LogP contribution in [-0.4, -0.2) is 40.2 Å². The van der Waals surface area contributed by atoms with Crippen molar-refractivity contribution in [3.05, 3.63) is 48.8 Å². The van der Waals surface area contributed by atoms with E-state index >= 15 is 0 Å². The van der Waals surface area contributed by atoms with Crippen molar-refractivity contribution >= 4 is 16.7 Å². The molecule has 26 heavy (non-hydrogen) atoms. The van der Waals surface area contributed by atoms with Gasteiger partial charge in [0.2, 0.25) is 0 Å². The van der Waals surface area contributed by atoms with Gasteiger partial charge in [0.1, 0.15) is 5.82 Å². The summed E-state index contributed by atoms with van der Waals surface area (Å²) in [6.45, 7) is 1.82. The molecule has 0 unspecified atom stereocenters. The average molecular weight is 346 g/mol. The van der Waals surface area contributed by atoms with Crippen LogP contribution in [0.2, 0.25) is 0 Å². The number of hydrogen-bond acceptors (Lipinski definition) is 5. The van der Waals surface area contributed by atoms with Gasteiger partial charge in [0, 0.05) is 36.5 Å². The fourth-order valence-electron chi connectivity index (χ4n) is 4.26. The molecule has 2 fully saturated rings. The first-order valence-electron chi connectivity index (χ1n) is 9.45. The third-order valence-corrected chi connectivity index (χ3v) is 5.47. The number of nitrogens with zero attached hydrogens (tertiary/aromatic N) is 4. The average Bonchev–Trinajstić information content (AvgIpc) is 3.07. The highest BCUT2D eigenvalue weighted by Crippen LogP contribution is 2.35. The fourth-order valence-corrected chi connectivity index (χ4v) is 4.26. The van der Waals surface area contributed by atoms with Crippen molar-refractivity contribution in [3.63, 3.8) is 0 Å². The van der Waals surface area contributed by atoms with Crippen LogP contribution >= 0.6 is 0 Å². The van der Waals surface area contributed by atoms with Gasteiger partial charge >= 0.3 is 0 Å². The molecular formula is C21H22N4O. The predicted octanol–water partition coefficient (Wildman–Crippen LogP) is 3.84. The topological polar surface area (TPSA) is 51.1 Å². The SMILES string of the molecule is c1cncc(-c2nc(N3CCCO[C@@H]4CCC[C@H]43)c3ccccc3n2)c1. The molecule has 0 spiro atoms. The van der Waals surface area contributed by atoms with Crippen LogP contribution in [0.5, 0.6) is 0 Å². The van der Waals surface area contributed by atoms with E-state index in [0.29, 0.717) is 12.1 Å². The Kier molecular flexibility index (Phi) is 4.02. The summed E-state index contributed by atoms with van der Waals surface area (Å²) in [5, 5.41) is 1.12. The highest BCUT2D eigenvalue weighted by atomic mass is 16.5. The zero-order chi connectivity index (χ0) is 17.3. The van der Waals surface area contributed by atoms with Gasteiger partial charge in [0.15, 0.2) is 5.82 Å². The molecule has 1 saturated heterocycles. The molecule has 0 bridgehead atoms. The third kappa shape index (κ3) is 2.72. The van der Waals surface area contributed by atoms with E-state index < -0.39 is 0 Å². The summed E-state index contributed by atoms with van der Waals surface area (Å²) in [5.41, 5.74) is 1.93. The second-order valence-electron chi connectivity index (χ2n) is 7.08. The lowest BCUT2D eigenvalue weighted by Crippen LogP contribution is -2.40. The van der Waals surface area contributed by atoms with E-state index in [1.54, 1.807) is 6.20 Å². The molecule has 2 aliphatic rings. The maximum atomic E-state index is 6.11. The molecule has 0 N–H and O–H groups in total. The molecule has 5 heteroatoms. The number of anilines is 1. The lowest BCUT2D eigenvalue weighted by atomic mass is 10.1. The normalized spacial score (nSPS) is 23.0. The molecule has 5 rings (SSSR count). The van der Waals surface area contributed by atoms with Crippen molar-refractivity contribution in [1.82, 2.24) is 15.0 Å². The molecule has 2 aromatic heterocycles. The summed E-state index contributed by atoms with van der Waals surface area (Å²) in [4.78, 5) is 16.5. The zero-order valence-electron chi connectivity index (χ0n) is 14.7. The molecule has 1 aliphatic heterocycles. The van der Waals surface area contributed by atoms with Crippen LogP contribution in [0.1, 0.15) is 25.7 Å². The van der Waals surface area contributed by atoms with E-state index in [1.807, 2.05) is 24.4 Å². The van der Waals surface area contributed by atoms with Crippen LogP contribution < -0.4 is 4.90 Å². The Morgan fingerprint density at radius 2 is 1.96 bits per heavy atom. The number of fused-ring (bicyclic) bond motifs is 2. The minimum absolute atomic E-state index is 0.327. The van der Waals surface area contributed by atoms with Crippen LogP contribution in [0, 0.1) is 0 Å². The highest BCUT2D eigenvalue weighted by Gasteiger charge is 2.36. The molecule has 1 aromatic carbocycles. The summed E-state index contributed by atoms with van der Waals surface area (Å²) >= 11 is 0. The first-order chi connectivity index (χ1) is 12.9. The van der Waals surface area contributed by atoms with Crippen LogP contribution in [0.25, 0.3) is 22.3 Å². The monoisotopic (exact) mass is 346 g/mol. The van der Waals surface area contributed by atoms with Gasteiger partial charge in [0.05, 0.1) is 17.7 Å². The van der Waals surface area contributed by atoms with Gasteiger partial charge in [-0.3, -0.25) is 4.98 Å². The quantitative estimate of drug-likeness (QED) is 0.706. The number of rotatable bonds is 2. The van der Waals surface area contributed by atoms with Crippen molar-refractivity contribution in [2.75, 3.05) is 18.1 Å². The summed E-state index contributed by atoms with van der Waals surface area (Å²) in [6, 6.07) is 12.7. The van der Waals surface area contributed by atoms with E-state index in [-0.39, 0.29) is 0 Å². The van der Waals surface area contributed by atoms with Gasteiger partial charge in [-0.05, 0) is 49.9 Å². The molecule has 2 atom stereocenters. The molecule has 1 aliphatic carbocycles. The van der Waals surface area contributed by atoms with Crippen molar-refractivity contribution in [2.45, 2.75) is 37.8 Å². The second kappa shape index (κ2) is 6.65.